The molecule has 0 N–H and O–H groups in total. The van der Waals surface area contributed by atoms with E-state index in [1.807, 2.05) is 0 Å². The van der Waals surface area contributed by atoms with Crippen molar-refractivity contribution in [1.82, 2.24) is 0 Å². The van der Waals surface area contributed by atoms with E-state index in [9.17, 15) is 14.4 Å². The molecule has 3 fully saturated rings. The average molecular weight is 314 g/mol. The molecule has 23 heavy (non-hydrogen) atoms. The molecule has 3 unspecified atom stereocenters. The van der Waals surface area contributed by atoms with Crippen LogP contribution in [-0.2, 0) is 14.4 Å². The summed E-state index contributed by atoms with van der Waals surface area (Å²) in [5.74, 6) is 2.13. The molecule has 4 rings (SSSR count). The Hall–Kier alpha value is -1.25. The molecule has 0 aromatic heterocycles. The smallest absolute Gasteiger partial charge is 0.155 e. The molecule has 0 spiro atoms. The lowest BCUT2D eigenvalue weighted by Gasteiger charge is -2.57. The van der Waals surface area contributed by atoms with Gasteiger partial charge in [-0.3, -0.25) is 9.59 Å². The van der Waals surface area contributed by atoms with Gasteiger partial charge in [0.2, 0.25) is 0 Å². The zero-order valence-electron chi connectivity index (χ0n) is 14.1. The minimum absolute atomic E-state index is 0.156. The van der Waals surface area contributed by atoms with Crippen molar-refractivity contribution in [3.8, 4) is 0 Å². The molecule has 0 aromatic rings. The van der Waals surface area contributed by atoms with Gasteiger partial charge in [0, 0.05) is 18.3 Å². The standard InChI is InChI=1S/C20H26O3/c1-12-9-14-15-3-4-18(23)19(15,2)7-6-16(14)20(11-21)8-5-13(22)10-17(12)20/h10-12,14-16H,3-9H2,1-2H3/t12-,14?,15?,16?,19+,20+/m1/s1. The first-order chi connectivity index (χ1) is 10.9. The highest BCUT2D eigenvalue weighted by Gasteiger charge is 2.61. The fourth-order valence-corrected chi connectivity index (χ4v) is 6.63. The van der Waals surface area contributed by atoms with Gasteiger partial charge < -0.3 is 4.79 Å². The Bertz CT molecular complexity index is 618. The second kappa shape index (κ2) is 4.87. The monoisotopic (exact) mass is 314 g/mol. The van der Waals surface area contributed by atoms with Gasteiger partial charge in [-0.1, -0.05) is 19.4 Å². The van der Waals surface area contributed by atoms with Crippen LogP contribution >= 0.6 is 0 Å². The molecule has 6 atom stereocenters. The number of hydrogen-bond donors (Lipinski definition) is 0. The van der Waals surface area contributed by atoms with Gasteiger partial charge in [-0.25, -0.2) is 0 Å². The van der Waals surface area contributed by atoms with E-state index in [4.69, 9.17) is 0 Å². The Morgan fingerprint density at radius 2 is 1.91 bits per heavy atom. The molecule has 3 heteroatoms. The number of ketones is 2. The van der Waals surface area contributed by atoms with E-state index in [1.54, 1.807) is 6.08 Å². The Kier molecular flexibility index (Phi) is 3.24. The van der Waals surface area contributed by atoms with Crippen LogP contribution in [0.15, 0.2) is 11.6 Å². The van der Waals surface area contributed by atoms with Gasteiger partial charge in [0.15, 0.2) is 5.78 Å². The van der Waals surface area contributed by atoms with Crippen LogP contribution in [0.1, 0.15) is 58.8 Å². The summed E-state index contributed by atoms with van der Waals surface area (Å²) in [5, 5.41) is 0. The highest BCUT2D eigenvalue weighted by atomic mass is 16.1. The largest absolute Gasteiger partial charge is 0.302 e. The second-order valence-electron chi connectivity index (χ2n) is 8.66. The Labute approximate surface area is 137 Å². The van der Waals surface area contributed by atoms with Gasteiger partial charge in [0.1, 0.15) is 12.1 Å². The molecule has 4 aliphatic carbocycles. The van der Waals surface area contributed by atoms with Gasteiger partial charge in [0.25, 0.3) is 0 Å². The minimum Gasteiger partial charge on any atom is -0.302 e. The van der Waals surface area contributed by atoms with Crippen LogP contribution < -0.4 is 0 Å². The summed E-state index contributed by atoms with van der Waals surface area (Å²) in [7, 11) is 0. The highest BCUT2D eigenvalue weighted by molar-refractivity contribution is 5.94. The molecule has 124 valence electrons. The van der Waals surface area contributed by atoms with Crippen LogP contribution in [-0.4, -0.2) is 17.9 Å². The predicted octanol–water partition coefficient (Wildman–Crippen LogP) is 3.51. The van der Waals surface area contributed by atoms with Gasteiger partial charge >= 0.3 is 0 Å². The third-order valence-electron chi connectivity index (χ3n) is 7.81. The molecule has 3 nitrogen and oxygen atoms in total. The molecule has 0 saturated heterocycles. The van der Waals surface area contributed by atoms with Crippen LogP contribution in [0.2, 0.25) is 0 Å². The molecule has 0 heterocycles. The maximum atomic E-state index is 12.4. The van der Waals surface area contributed by atoms with Crippen molar-refractivity contribution in [1.29, 1.82) is 0 Å². The topological polar surface area (TPSA) is 51.2 Å². The number of allylic oxidation sites excluding steroid dienone is 1. The van der Waals surface area contributed by atoms with Crippen LogP contribution in [0.4, 0.5) is 0 Å². The van der Waals surface area contributed by atoms with Gasteiger partial charge in [-0.05, 0) is 61.9 Å². The highest BCUT2D eigenvalue weighted by Crippen LogP contribution is 2.64. The van der Waals surface area contributed by atoms with Crippen LogP contribution in [0, 0.1) is 34.5 Å². The van der Waals surface area contributed by atoms with Crippen molar-refractivity contribution in [3.05, 3.63) is 11.6 Å². The van der Waals surface area contributed by atoms with Gasteiger partial charge in [0.05, 0.1) is 5.41 Å². The van der Waals surface area contributed by atoms with Crippen molar-refractivity contribution < 1.29 is 14.4 Å². The summed E-state index contributed by atoms with van der Waals surface area (Å²) in [5.41, 5.74) is 0.512. The summed E-state index contributed by atoms with van der Waals surface area (Å²) in [6.45, 7) is 4.33. The lowest BCUT2D eigenvalue weighted by atomic mass is 9.45. The Balaban J connectivity index is 1.78. The van der Waals surface area contributed by atoms with E-state index in [0.29, 0.717) is 42.8 Å². The summed E-state index contributed by atoms with van der Waals surface area (Å²) in [4.78, 5) is 36.6. The SMILES string of the molecule is C[C@@H]1CC2C(CC[C@]3(C)C(=O)CCC23)[C@@]2(C=O)CCC(=O)C=C12. The van der Waals surface area contributed by atoms with Crippen molar-refractivity contribution in [2.24, 2.45) is 34.5 Å². The minimum atomic E-state index is -0.427. The molecule has 0 amide bonds. The fourth-order valence-electron chi connectivity index (χ4n) is 6.63. The second-order valence-corrected chi connectivity index (χ2v) is 8.66. The van der Waals surface area contributed by atoms with Crippen molar-refractivity contribution in [3.63, 3.8) is 0 Å². The number of hydrogen-bond acceptors (Lipinski definition) is 3. The Morgan fingerprint density at radius 3 is 2.65 bits per heavy atom. The van der Waals surface area contributed by atoms with Crippen molar-refractivity contribution in [2.75, 3.05) is 0 Å². The van der Waals surface area contributed by atoms with E-state index in [2.05, 4.69) is 13.8 Å². The molecule has 0 aliphatic heterocycles. The zero-order valence-corrected chi connectivity index (χ0v) is 14.1. The normalized spacial score (nSPS) is 49.0. The number of carbonyl (C=O) groups excluding carboxylic acids is 3. The molecular formula is C20H26O3. The molecule has 0 radical (unpaired) electrons. The molecule has 3 saturated carbocycles. The van der Waals surface area contributed by atoms with Crippen LogP contribution in [0.3, 0.4) is 0 Å². The number of Topliss-reactive ketones (excluding diaryl/α,β-unsaturated/α-hetero) is 1. The summed E-state index contributed by atoms with van der Waals surface area (Å²) in [6, 6.07) is 0. The first kappa shape index (κ1) is 15.3. The van der Waals surface area contributed by atoms with E-state index in [0.717, 1.165) is 37.5 Å². The maximum absolute atomic E-state index is 12.4. The van der Waals surface area contributed by atoms with Crippen LogP contribution in [0.5, 0.6) is 0 Å². The van der Waals surface area contributed by atoms with Gasteiger partial charge in [-0.15, -0.1) is 0 Å². The van der Waals surface area contributed by atoms with Crippen molar-refractivity contribution >= 4 is 17.9 Å². The average Bonchev–Trinajstić information content (AvgIpc) is 2.84. The summed E-state index contributed by atoms with van der Waals surface area (Å²) in [6.07, 6.45) is 8.76. The zero-order chi connectivity index (χ0) is 16.4. The number of aldehydes is 1. The number of fused-ring (bicyclic) bond motifs is 5. The van der Waals surface area contributed by atoms with E-state index in [1.165, 1.54) is 0 Å². The van der Waals surface area contributed by atoms with E-state index >= 15 is 0 Å². The third-order valence-corrected chi connectivity index (χ3v) is 7.81. The molecule has 0 bridgehead atoms. The lowest BCUT2D eigenvalue weighted by molar-refractivity contribution is -0.137. The molecule has 0 aromatic carbocycles. The summed E-state index contributed by atoms with van der Waals surface area (Å²) < 4.78 is 0. The quantitative estimate of drug-likeness (QED) is 0.696. The molecular weight excluding hydrogens is 288 g/mol. The molecule has 4 aliphatic rings. The number of rotatable bonds is 1. The predicted molar refractivity (Wildman–Crippen MR) is 86.7 cm³/mol. The first-order valence-electron chi connectivity index (χ1n) is 9.17. The Morgan fingerprint density at radius 1 is 1.13 bits per heavy atom. The number of carbonyl (C=O) groups is 3. The maximum Gasteiger partial charge on any atom is 0.155 e. The van der Waals surface area contributed by atoms with E-state index in [-0.39, 0.29) is 17.1 Å². The van der Waals surface area contributed by atoms with Gasteiger partial charge in [-0.2, -0.15) is 0 Å². The lowest BCUT2D eigenvalue weighted by Crippen LogP contribution is -2.54. The third kappa shape index (κ3) is 1.85. The first-order valence-corrected chi connectivity index (χ1v) is 9.17. The van der Waals surface area contributed by atoms with E-state index < -0.39 is 5.41 Å². The van der Waals surface area contributed by atoms with Crippen molar-refractivity contribution in [2.45, 2.75) is 58.8 Å². The van der Waals surface area contributed by atoms with Crippen LogP contribution in [0.25, 0.3) is 0 Å². The fraction of sp³-hybridized carbons (Fsp3) is 0.750. The summed E-state index contributed by atoms with van der Waals surface area (Å²) >= 11 is 0.